The number of aliphatic carboxylic acids is 1. The normalized spacial score (nSPS) is 10.4. The predicted molar refractivity (Wildman–Crippen MR) is 104 cm³/mol. The zero-order valence-electron chi connectivity index (χ0n) is 14.6. The predicted octanol–water partition coefficient (Wildman–Crippen LogP) is 3.34. The molecular formula is C19H18N4O3S. The number of nitrogens with one attached hydrogen (secondary N) is 2. The van der Waals surface area contributed by atoms with Crippen molar-refractivity contribution in [1.29, 1.82) is 0 Å². The Morgan fingerprint density at radius 1 is 1.19 bits per heavy atom. The van der Waals surface area contributed by atoms with E-state index in [1.54, 1.807) is 23.7 Å². The molecule has 7 nitrogen and oxygen atoms in total. The number of thiazole rings is 1. The van der Waals surface area contributed by atoms with Crippen LogP contribution in [-0.2, 0) is 17.8 Å². The molecule has 0 unspecified atom stereocenters. The summed E-state index contributed by atoms with van der Waals surface area (Å²) in [6.07, 6.45) is 1.58. The number of benzene rings is 1. The fourth-order valence-electron chi connectivity index (χ4n) is 2.40. The third-order valence-corrected chi connectivity index (χ3v) is 4.60. The summed E-state index contributed by atoms with van der Waals surface area (Å²) < 4.78 is 0. The average molecular weight is 382 g/mol. The minimum Gasteiger partial charge on any atom is -0.481 e. The van der Waals surface area contributed by atoms with Gasteiger partial charge in [-0.3, -0.25) is 14.9 Å². The second-order valence-electron chi connectivity index (χ2n) is 5.89. The molecule has 0 saturated carbocycles. The van der Waals surface area contributed by atoms with Gasteiger partial charge in [0.05, 0.1) is 12.1 Å². The van der Waals surface area contributed by atoms with Crippen LogP contribution in [0.5, 0.6) is 0 Å². The zero-order valence-corrected chi connectivity index (χ0v) is 15.4. The molecule has 3 rings (SSSR count). The molecule has 0 spiro atoms. The SMILES string of the molecule is Cc1cccnc1NCc1ccc(C(=O)Nc2nc(CC(=O)O)cs2)cc1. The number of carbonyl (C=O) groups excluding carboxylic acids is 1. The molecule has 0 fully saturated rings. The lowest BCUT2D eigenvalue weighted by Gasteiger charge is -2.08. The maximum atomic E-state index is 12.3. The molecule has 0 aliphatic carbocycles. The third kappa shape index (κ3) is 5.11. The molecule has 2 aromatic heterocycles. The highest BCUT2D eigenvalue weighted by Gasteiger charge is 2.11. The molecule has 3 N–H and O–H groups in total. The second-order valence-corrected chi connectivity index (χ2v) is 6.75. The van der Waals surface area contributed by atoms with E-state index in [2.05, 4.69) is 20.6 Å². The van der Waals surface area contributed by atoms with Crippen molar-refractivity contribution in [2.45, 2.75) is 19.9 Å². The quantitative estimate of drug-likeness (QED) is 0.579. The van der Waals surface area contributed by atoms with Crippen molar-refractivity contribution in [3.05, 3.63) is 70.4 Å². The first kappa shape index (κ1) is 18.5. The molecule has 1 aromatic carbocycles. The fourth-order valence-corrected chi connectivity index (χ4v) is 3.11. The summed E-state index contributed by atoms with van der Waals surface area (Å²) >= 11 is 1.20. The summed E-state index contributed by atoms with van der Waals surface area (Å²) in [7, 11) is 0. The summed E-state index contributed by atoms with van der Waals surface area (Å²) in [5, 5.41) is 16.7. The van der Waals surface area contributed by atoms with E-state index in [9.17, 15) is 9.59 Å². The molecule has 0 aliphatic heterocycles. The van der Waals surface area contributed by atoms with Gasteiger partial charge in [0.1, 0.15) is 5.82 Å². The number of hydrogen-bond acceptors (Lipinski definition) is 6. The van der Waals surface area contributed by atoms with Gasteiger partial charge < -0.3 is 10.4 Å². The van der Waals surface area contributed by atoms with Crippen LogP contribution in [0.2, 0.25) is 0 Å². The second kappa shape index (κ2) is 8.41. The van der Waals surface area contributed by atoms with E-state index in [-0.39, 0.29) is 12.3 Å². The van der Waals surface area contributed by atoms with E-state index in [0.29, 0.717) is 22.9 Å². The highest BCUT2D eigenvalue weighted by molar-refractivity contribution is 7.14. The van der Waals surface area contributed by atoms with Crippen LogP contribution in [0.15, 0.2) is 48.0 Å². The maximum absolute atomic E-state index is 12.3. The molecule has 0 bridgehead atoms. The van der Waals surface area contributed by atoms with Crippen LogP contribution in [0.4, 0.5) is 10.9 Å². The molecule has 8 heteroatoms. The molecule has 3 aromatic rings. The number of nitrogens with zero attached hydrogens (tertiary/aromatic N) is 2. The average Bonchev–Trinajstić information content (AvgIpc) is 3.07. The smallest absolute Gasteiger partial charge is 0.309 e. The van der Waals surface area contributed by atoms with E-state index in [1.165, 1.54) is 11.3 Å². The van der Waals surface area contributed by atoms with Crippen LogP contribution in [-0.4, -0.2) is 27.0 Å². The first-order valence-electron chi connectivity index (χ1n) is 8.23. The Labute approximate surface area is 160 Å². The van der Waals surface area contributed by atoms with Gasteiger partial charge in [0.15, 0.2) is 5.13 Å². The summed E-state index contributed by atoms with van der Waals surface area (Å²) in [5.74, 6) is -0.408. The number of carbonyl (C=O) groups is 2. The Balaban J connectivity index is 1.58. The third-order valence-electron chi connectivity index (χ3n) is 3.79. The van der Waals surface area contributed by atoms with Gasteiger partial charge in [-0.15, -0.1) is 11.3 Å². The Morgan fingerprint density at radius 3 is 2.67 bits per heavy atom. The highest BCUT2D eigenvalue weighted by atomic mass is 32.1. The zero-order chi connectivity index (χ0) is 19.2. The van der Waals surface area contributed by atoms with Crippen LogP contribution in [0.3, 0.4) is 0 Å². The molecule has 0 aliphatic rings. The molecular weight excluding hydrogens is 364 g/mol. The van der Waals surface area contributed by atoms with Crippen molar-refractivity contribution in [1.82, 2.24) is 9.97 Å². The van der Waals surface area contributed by atoms with Crippen molar-refractivity contribution in [3.63, 3.8) is 0 Å². The minimum absolute atomic E-state index is 0.163. The summed E-state index contributed by atoms with van der Waals surface area (Å²) in [5.41, 5.74) is 3.02. The molecule has 0 radical (unpaired) electrons. The van der Waals surface area contributed by atoms with Crippen molar-refractivity contribution >= 4 is 34.2 Å². The van der Waals surface area contributed by atoms with Crippen LogP contribution in [0.25, 0.3) is 0 Å². The van der Waals surface area contributed by atoms with Crippen LogP contribution in [0, 0.1) is 6.92 Å². The van der Waals surface area contributed by atoms with E-state index in [0.717, 1.165) is 16.9 Å². The maximum Gasteiger partial charge on any atom is 0.309 e. The van der Waals surface area contributed by atoms with Gasteiger partial charge >= 0.3 is 5.97 Å². The standard InChI is InChI=1S/C19H18N4O3S/c1-12-3-2-8-20-17(12)21-10-13-4-6-14(7-5-13)18(26)23-19-22-15(11-27-19)9-16(24)25/h2-8,11H,9-10H2,1H3,(H,20,21)(H,24,25)(H,22,23,26). The molecule has 2 heterocycles. The van der Waals surface area contributed by atoms with Crippen molar-refractivity contribution in [2.24, 2.45) is 0 Å². The summed E-state index contributed by atoms with van der Waals surface area (Å²) in [4.78, 5) is 31.4. The Kier molecular flexibility index (Phi) is 5.77. The fraction of sp³-hybridized carbons (Fsp3) is 0.158. The van der Waals surface area contributed by atoms with Crippen molar-refractivity contribution in [2.75, 3.05) is 10.6 Å². The molecule has 0 atom stereocenters. The van der Waals surface area contributed by atoms with Gasteiger partial charge in [0, 0.05) is 23.7 Å². The van der Waals surface area contributed by atoms with Crippen LogP contribution >= 0.6 is 11.3 Å². The lowest BCUT2D eigenvalue weighted by Crippen LogP contribution is -2.12. The number of aryl methyl sites for hydroxylation is 1. The van der Waals surface area contributed by atoms with Gasteiger partial charge in [0.2, 0.25) is 0 Å². The Hall–Kier alpha value is -3.26. The van der Waals surface area contributed by atoms with Gasteiger partial charge in [0.25, 0.3) is 5.91 Å². The highest BCUT2D eigenvalue weighted by Crippen LogP contribution is 2.17. The van der Waals surface area contributed by atoms with Crippen molar-refractivity contribution in [3.8, 4) is 0 Å². The Morgan fingerprint density at radius 2 is 1.96 bits per heavy atom. The monoisotopic (exact) mass is 382 g/mol. The van der Waals surface area contributed by atoms with Gasteiger partial charge in [-0.25, -0.2) is 9.97 Å². The number of amides is 1. The lowest BCUT2D eigenvalue weighted by molar-refractivity contribution is -0.136. The first-order valence-corrected chi connectivity index (χ1v) is 9.11. The first-order chi connectivity index (χ1) is 13.0. The number of anilines is 2. The van der Waals surface area contributed by atoms with Crippen molar-refractivity contribution < 1.29 is 14.7 Å². The van der Waals surface area contributed by atoms with Gasteiger partial charge in [-0.05, 0) is 36.2 Å². The molecule has 138 valence electrons. The minimum atomic E-state index is -0.955. The summed E-state index contributed by atoms with van der Waals surface area (Å²) in [6, 6.07) is 11.1. The van der Waals surface area contributed by atoms with Gasteiger partial charge in [-0.2, -0.15) is 0 Å². The molecule has 1 amide bonds. The molecule has 27 heavy (non-hydrogen) atoms. The number of carboxylic acids is 1. The molecule has 0 saturated heterocycles. The topological polar surface area (TPSA) is 104 Å². The van der Waals surface area contributed by atoms with E-state index >= 15 is 0 Å². The number of carboxylic acid groups (broad SMARTS) is 1. The summed E-state index contributed by atoms with van der Waals surface area (Å²) in [6.45, 7) is 2.59. The number of rotatable bonds is 7. The van der Waals surface area contributed by atoms with E-state index in [1.807, 2.05) is 31.2 Å². The van der Waals surface area contributed by atoms with E-state index in [4.69, 9.17) is 5.11 Å². The van der Waals surface area contributed by atoms with Gasteiger partial charge in [-0.1, -0.05) is 18.2 Å². The van der Waals surface area contributed by atoms with Crippen LogP contribution in [0.1, 0.15) is 27.2 Å². The number of hydrogen-bond donors (Lipinski definition) is 3. The number of aromatic nitrogens is 2. The lowest BCUT2D eigenvalue weighted by atomic mass is 10.1. The van der Waals surface area contributed by atoms with Crippen LogP contribution < -0.4 is 10.6 Å². The number of pyridine rings is 1. The largest absolute Gasteiger partial charge is 0.481 e. The van der Waals surface area contributed by atoms with E-state index < -0.39 is 5.97 Å². The Bertz CT molecular complexity index is 954.